The van der Waals surface area contributed by atoms with Crippen molar-refractivity contribution in [2.75, 3.05) is 5.32 Å². The largest absolute Gasteiger partial charge is 0.449 e. The molecule has 0 spiro atoms. The van der Waals surface area contributed by atoms with E-state index in [-0.39, 0.29) is 17.0 Å². The number of hydrogen-bond acceptors (Lipinski definition) is 9. The van der Waals surface area contributed by atoms with Crippen LogP contribution in [0.3, 0.4) is 0 Å². The third-order valence-electron chi connectivity index (χ3n) is 6.10. The van der Waals surface area contributed by atoms with Gasteiger partial charge in [0.2, 0.25) is 0 Å². The van der Waals surface area contributed by atoms with E-state index in [1.54, 1.807) is 30.6 Å². The van der Waals surface area contributed by atoms with Gasteiger partial charge in [-0.3, -0.25) is 19.0 Å². The van der Waals surface area contributed by atoms with Crippen LogP contribution in [0.4, 0.5) is 5.69 Å². The van der Waals surface area contributed by atoms with Crippen molar-refractivity contribution in [1.29, 1.82) is 0 Å². The van der Waals surface area contributed by atoms with Gasteiger partial charge in [0.15, 0.2) is 15.1 Å². The molecule has 1 atom stereocenters. The molecule has 5 heterocycles. The summed E-state index contributed by atoms with van der Waals surface area (Å²) in [5.74, 6) is 0.120. The molecule has 206 valence electrons. The number of H-pyrrole nitrogens is 1. The molecule has 0 radical (unpaired) electrons. The molecule has 0 bridgehead atoms. The molecule has 0 fully saturated rings. The lowest BCUT2D eigenvalue weighted by molar-refractivity contribution is -0.113. The topological polar surface area (TPSA) is 122 Å². The Morgan fingerprint density at radius 2 is 1.98 bits per heavy atom. The number of nitrogens with zero attached hydrogens (tertiary/aromatic N) is 3. The zero-order valence-corrected chi connectivity index (χ0v) is 25.5. The molecule has 0 unspecified atom stereocenters. The number of furan rings is 1. The van der Waals surface area contributed by atoms with Crippen LogP contribution in [-0.4, -0.2) is 20.4 Å². The summed E-state index contributed by atoms with van der Waals surface area (Å²) in [6, 6.07) is 15.5. The molecular formula is C28H20BrN5O4S3. The Bertz CT molecular complexity index is 2060. The summed E-state index contributed by atoms with van der Waals surface area (Å²) < 4.78 is 8.62. The Labute approximate surface area is 253 Å². The maximum atomic E-state index is 13.8. The normalized spacial score (nSPS) is 15.1. The number of benzene rings is 1. The van der Waals surface area contributed by atoms with Gasteiger partial charge in [-0.1, -0.05) is 35.6 Å². The number of thiazole rings is 1. The van der Waals surface area contributed by atoms with Gasteiger partial charge in [-0.25, -0.2) is 9.98 Å². The summed E-state index contributed by atoms with van der Waals surface area (Å²) in [5, 5.41) is 5.73. The lowest BCUT2D eigenvalue weighted by atomic mass is 10.0. The number of hydrogen-bond donors (Lipinski definition) is 2. The van der Waals surface area contributed by atoms with Gasteiger partial charge in [-0.15, -0.1) is 11.3 Å². The predicted molar refractivity (Wildman–Crippen MR) is 163 cm³/mol. The number of nitrogens with one attached hydrogen (secondary N) is 2. The van der Waals surface area contributed by atoms with Gasteiger partial charge in [-0.2, -0.15) is 0 Å². The minimum atomic E-state index is -0.629. The Morgan fingerprint density at radius 3 is 2.71 bits per heavy atom. The molecule has 0 saturated heterocycles. The number of rotatable bonds is 6. The van der Waals surface area contributed by atoms with Crippen molar-refractivity contribution in [2.45, 2.75) is 30.1 Å². The van der Waals surface area contributed by atoms with E-state index in [0.29, 0.717) is 52.5 Å². The van der Waals surface area contributed by atoms with Gasteiger partial charge in [0.25, 0.3) is 17.0 Å². The monoisotopic (exact) mass is 665 g/mol. The van der Waals surface area contributed by atoms with E-state index in [2.05, 4.69) is 36.2 Å². The van der Waals surface area contributed by atoms with Gasteiger partial charge < -0.3 is 14.7 Å². The number of thiophene rings is 1. The number of anilines is 1. The smallest absolute Gasteiger partial charge is 0.271 e. The van der Waals surface area contributed by atoms with Gasteiger partial charge in [0, 0.05) is 28.4 Å². The summed E-state index contributed by atoms with van der Waals surface area (Å²) in [5.41, 5.74) is 1.67. The van der Waals surface area contributed by atoms with Crippen LogP contribution >= 0.6 is 50.4 Å². The molecule has 5 aromatic rings. The zero-order chi connectivity index (χ0) is 28.7. The van der Waals surface area contributed by atoms with Crippen LogP contribution in [0, 0.1) is 6.92 Å². The molecule has 2 N–H and O–H groups in total. The minimum Gasteiger partial charge on any atom is -0.449 e. The van der Waals surface area contributed by atoms with Crippen LogP contribution in [0.15, 0.2) is 105 Å². The van der Waals surface area contributed by atoms with E-state index in [4.69, 9.17) is 4.42 Å². The first-order chi connectivity index (χ1) is 19.8. The summed E-state index contributed by atoms with van der Waals surface area (Å²) in [4.78, 5) is 52.2. The molecule has 9 nitrogen and oxygen atoms in total. The molecule has 1 aliphatic heterocycles. The lowest BCUT2D eigenvalue weighted by Gasteiger charge is -2.24. The third kappa shape index (κ3) is 5.58. The second-order valence-electron chi connectivity index (χ2n) is 9.00. The van der Waals surface area contributed by atoms with Crippen LogP contribution in [-0.2, 0) is 4.79 Å². The van der Waals surface area contributed by atoms with Crippen molar-refractivity contribution in [3.05, 3.63) is 122 Å². The quantitative estimate of drug-likeness (QED) is 0.251. The van der Waals surface area contributed by atoms with Gasteiger partial charge >= 0.3 is 0 Å². The van der Waals surface area contributed by atoms with E-state index < -0.39 is 6.04 Å². The highest BCUT2D eigenvalue weighted by Crippen LogP contribution is 2.35. The Hall–Kier alpha value is -3.78. The first kappa shape index (κ1) is 27.4. The fraction of sp³-hybridized carbons (Fsp3) is 0.107. The molecule has 0 aliphatic carbocycles. The fourth-order valence-corrected chi connectivity index (χ4v) is 7.59. The number of aromatic amines is 1. The molecular weight excluding hydrogens is 646 g/mol. The molecule has 6 rings (SSSR count). The SMILES string of the molecule is CC1=C(C(=O)Nc2ccccc2)[C@@H](c2cccs2)n2c(s/c(=C/c3cc(Br)c(Sc4nc(C)cc(=O)[nH]4)o3)c2=O)=N1. The zero-order valence-electron chi connectivity index (χ0n) is 21.5. The summed E-state index contributed by atoms with van der Waals surface area (Å²) >= 11 is 7.35. The summed E-state index contributed by atoms with van der Waals surface area (Å²) in [6.07, 6.45) is 1.65. The van der Waals surface area contributed by atoms with Crippen LogP contribution in [0.5, 0.6) is 0 Å². The van der Waals surface area contributed by atoms with Gasteiger partial charge in [0.05, 0.1) is 20.3 Å². The molecule has 13 heteroatoms. The molecule has 41 heavy (non-hydrogen) atoms. The molecule has 1 aliphatic rings. The number of allylic oxidation sites excluding steroid dienone is 1. The molecule has 1 amide bonds. The first-order valence-electron chi connectivity index (χ1n) is 12.2. The third-order valence-corrected chi connectivity index (χ3v) is 9.73. The van der Waals surface area contributed by atoms with E-state index in [1.165, 1.54) is 28.7 Å². The van der Waals surface area contributed by atoms with Crippen LogP contribution < -0.4 is 25.8 Å². The highest BCUT2D eigenvalue weighted by Gasteiger charge is 2.33. The van der Waals surface area contributed by atoms with Crippen molar-refractivity contribution in [2.24, 2.45) is 4.99 Å². The highest BCUT2D eigenvalue weighted by molar-refractivity contribution is 9.10. The first-order valence-corrected chi connectivity index (χ1v) is 15.5. The molecule has 0 saturated carbocycles. The van der Waals surface area contributed by atoms with Crippen LogP contribution in [0.2, 0.25) is 0 Å². The average Bonchev–Trinajstić information content (AvgIpc) is 3.64. The van der Waals surface area contributed by atoms with Crippen molar-refractivity contribution in [3.8, 4) is 0 Å². The van der Waals surface area contributed by atoms with Crippen molar-refractivity contribution >= 4 is 68.0 Å². The van der Waals surface area contributed by atoms with E-state index in [0.717, 1.165) is 16.6 Å². The number of amides is 1. The van der Waals surface area contributed by atoms with Crippen molar-refractivity contribution < 1.29 is 9.21 Å². The van der Waals surface area contributed by atoms with Crippen LogP contribution in [0.25, 0.3) is 6.08 Å². The van der Waals surface area contributed by atoms with E-state index in [9.17, 15) is 14.4 Å². The second-order valence-corrected chi connectivity index (χ2v) is 12.8. The second kappa shape index (κ2) is 11.2. The van der Waals surface area contributed by atoms with E-state index >= 15 is 0 Å². The number of fused-ring (bicyclic) bond motifs is 1. The Kier molecular flexibility index (Phi) is 7.51. The maximum Gasteiger partial charge on any atom is 0.271 e. The predicted octanol–water partition coefficient (Wildman–Crippen LogP) is 4.83. The van der Waals surface area contributed by atoms with E-state index in [1.807, 2.05) is 47.8 Å². The Balaban J connectivity index is 1.40. The number of carbonyl (C=O) groups is 1. The lowest BCUT2D eigenvalue weighted by Crippen LogP contribution is -2.40. The highest BCUT2D eigenvalue weighted by atomic mass is 79.9. The van der Waals surface area contributed by atoms with Crippen molar-refractivity contribution in [1.82, 2.24) is 14.5 Å². The molecule has 4 aromatic heterocycles. The number of carbonyl (C=O) groups excluding carboxylic acids is 1. The number of aryl methyl sites for hydroxylation is 1. The number of halogens is 1. The van der Waals surface area contributed by atoms with Gasteiger partial charge in [-0.05, 0) is 71.2 Å². The molecule has 1 aromatic carbocycles. The van der Waals surface area contributed by atoms with Crippen LogP contribution in [0.1, 0.15) is 29.3 Å². The summed E-state index contributed by atoms with van der Waals surface area (Å²) in [6.45, 7) is 3.53. The number of para-hydroxylation sites is 1. The Morgan fingerprint density at radius 1 is 1.17 bits per heavy atom. The maximum absolute atomic E-state index is 13.8. The van der Waals surface area contributed by atoms with Gasteiger partial charge in [0.1, 0.15) is 11.8 Å². The number of aromatic nitrogens is 3. The minimum absolute atomic E-state index is 0.253. The standard InChI is InChI=1S/C28H20BrN5O4S3/c1-14-11-21(35)33-27(30-14)41-26-18(29)12-17(38-26)13-20-25(37)34-23(19-9-6-10-39-19)22(15(2)31-28(34)40-20)24(36)32-16-7-4-3-5-8-16/h3-13,23H,1-2H3,(H,32,36)(H,30,33,35)/b20-13+/t23-/m1/s1. The fourth-order valence-electron chi connectivity index (χ4n) is 4.37. The summed E-state index contributed by atoms with van der Waals surface area (Å²) in [7, 11) is 0. The van der Waals surface area contributed by atoms with Crippen molar-refractivity contribution in [3.63, 3.8) is 0 Å². The average molecular weight is 667 g/mol.